The average Bonchev–Trinajstić information content (AvgIpc) is 2.83. The molecule has 30 heavy (non-hydrogen) atoms. The van der Waals surface area contributed by atoms with Crippen LogP contribution in [0.3, 0.4) is 0 Å². The summed E-state index contributed by atoms with van der Waals surface area (Å²) in [6.45, 7) is -5.36. The maximum atomic E-state index is 11.9. The number of H-pyrrole nitrogens is 1. The Balaban J connectivity index is 1.70. The third-order valence-corrected chi connectivity index (χ3v) is 11.0. The van der Waals surface area contributed by atoms with Crippen LogP contribution in [0.15, 0.2) is 15.8 Å². The Morgan fingerprint density at radius 3 is 2.50 bits per heavy atom. The lowest BCUT2D eigenvalue weighted by atomic mass is 9.90. The van der Waals surface area contributed by atoms with Gasteiger partial charge in [-0.1, -0.05) is 0 Å². The van der Waals surface area contributed by atoms with E-state index in [1.807, 2.05) is 0 Å². The van der Waals surface area contributed by atoms with Crippen LogP contribution in [0.1, 0.15) is 5.56 Å². The molecule has 5 atom stereocenters. The Morgan fingerprint density at radius 1 is 1.30 bits per heavy atom. The highest BCUT2D eigenvalue weighted by Crippen LogP contribution is 2.80. The standard InChI is InChI=1S/C11H17N2O13P3S/c1-13-3-6(9(15)12-10(13)16)2-11(17)5-22-7(8(11)14)4-23-29(30)25-27(18,19)24-28(20,21)26-29/h3,7-8,14,17H,2,4-5H2,1H3,(H,18,19)(H,20,21)(H,12,15,16). The highest BCUT2D eigenvalue weighted by Gasteiger charge is 2.53. The summed E-state index contributed by atoms with van der Waals surface area (Å²) in [6.07, 6.45) is -2.10. The van der Waals surface area contributed by atoms with Crippen molar-refractivity contribution in [1.29, 1.82) is 0 Å². The predicted molar refractivity (Wildman–Crippen MR) is 99.8 cm³/mol. The summed E-state index contributed by atoms with van der Waals surface area (Å²) in [5.41, 5.74) is -3.38. The summed E-state index contributed by atoms with van der Waals surface area (Å²) >= 11 is 4.75. The first-order valence-electron chi connectivity index (χ1n) is 7.99. The molecule has 0 bridgehead atoms. The fourth-order valence-electron chi connectivity index (χ4n) is 2.78. The fourth-order valence-corrected chi connectivity index (χ4v) is 9.41. The minimum absolute atomic E-state index is 0.00501. The van der Waals surface area contributed by atoms with Crippen molar-refractivity contribution in [2.24, 2.45) is 7.05 Å². The maximum Gasteiger partial charge on any atom is 0.488 e. The Kier molecular flexibility index (Phi) is 6.49. The first-order chi connectivity index (χ1) is 13.6. The Morgan fingerprint density at radius 2 is 1.90 bits per heavy atom. The van der Waals surface area contributed by atoms with E-state index in [4.69, 9.17) is 21.1 Å². The lowest BCUT2D eigenvalue weighted by molar-refractivity contribution is -0.0540. The van der Waals surface area contributed by atoms with E-state index in [2.05, 4.69) is 17.9 Å². The zero-order valence-electron chi connectivity index (χ0n) is 15.0. The number of aliphatic hydroxyl groups is 2. The van der Waals surface area contributed by atoms with Gasteiger partial charge in [0.25, 0.3) is 5.56 Å². The van der Waals surface area contributed by atoms with Crippen LogP contribution < -0.4 is 11.2 Å². The molecule has 1 aromatic rings. The number of aliphatic hydroxyl groups excluding tert-OH is 1. The molecule has 2 aliphatic rings. The third kappa shape index (κ3) is 5.25. The van der Waals surface area contributed by atoms with Gasteiger partial charge in [-0.25, -0.2) is 22.5 Å². The molecule has 19 heteroatoms. The summed E-state index contributed by atoms with van der Waals surface area (Å²) in [5.74, 6) is 0. The predicted octanol–water partition coefficient (Wildman–Crippen LogP) is -1.39. The molecule has 3 heterocycles. The van der Waals surface area contributed by atoms with Gasteiger partial charge in [0.1, 0.15) is 17.8 Å². The van der Waals surface area contributed by atoms with E-state index in [0.29, 0.717) is 0 Å². The minimum Gasteiger partial charge on any atom is -0.387 e. The average molecular weight is 510 g/mol. The highest BCUT2D eigenvalue weighted by molar-refractivity contribution is 8.11. The van der Waals surface area contributed by atoms with Crippen molar-refractivity contribution in [3.8, 4) is 0 Å². The zero-order valence-corrected chi connectivity index (χ0v) is 18.5. The van der Waals surface area contributed by atoms with Gasteiger partial charge in [-0.05, 0) is 11.8 Å². The second kappa shape index (κ2) is 8.09. The van der Waals surface area contributed by atoms with Gasteiger partial charge in [-0.15, -0.1) is 0 Å². The van der Waals surface area contributed by atoms with Crippen LogP contribution in [-0.2, 0) is 56.6 Å². The lowest BCUT2D eigenvalue weighted by Gasteiger charge is -2.31. The van der Waals surface area contributed by atoms with Crippen molar-refractivity contribution in [3.05, 3.63) is 32.6 Å². The number of aryl methyl sites for hydroxylation is 1. The number of aromatic nitrogens is 2. The first kappa shape index (κ1) is 24.1. The molecule has 5 unspecified atom stereocenters. The van der Waals surface area contributed by atoms with Gasteiger partial charge in [0.15, 0.2) is 0 Å². The molecule has 0 spiro atoms. The molecule has 0 aromatic carbocycles. The number of hydrogen-bond acceptors (Lipinski definition) is 12. The third-order valence-electron chi connectivity index (χ3n) is 4.14. The Bertz CT molecular complexity index is 1070. The van der Waals surface area contributed by atoms with E-state index in [-0.39, 0.29) is 12.0 Å². The van der Waals surface area contributed by atoms with E-state index in [1.165, 1.54) is 13.2 Å². The second-order valence-corrected chi connectivity index (χ2v) is 12.9. The molecule has 5 N–H and O–H groups in total. The lowest BCUT2D eigenvalue weighted by Crippen LogP contribution is -2.48. The number of rotatable bonds is 5. The van der Waals surface area contributed by atoms with Crippen molar-refractivity contribution in [2.45, 2.75) is 24.2 Å². The molecule has 2 aliphatic heterocycles. The molecule has 2 fully saturated rings. The van der Waals surface area contributed by atoms with Gasteiger partial charge in [-0.2, -0.15) is 4.31 Å². The maximum absolute atomic E-state index is 11.9. The van der Waals surface area contributed by atoms with Crippen LogP contribution >= 0.6 is 22.4 Å². The molecule has 0 radical (unpaired) electrons. The number of hydrogen-bond donors (Lipinski definition) is 5. The van der Waals surface area contributed by atoms with Gasteiger partial charge in [0.05, 0.1) is 13.2 Å². The van der Waals surface area contributed by atoms with E-state index in [0.717, 1.165) is 4.57 Å². The summed E-state index contributed by atoms with van der Waals surface area (Å²) < 4.78 is 47.1. The first-order valence-corrected chi connectivity index (χ1v) is 13.5. The SMILES string of the molecule is Cn1cc(CC2(O)COC(COP3(=S)OP(=O)(O)OP(=O)(O)O3)C2O)c(=O)[nH]c1=O. The molecule has 0 amide bonds. The highest BCUT2D eigenvalue weighted by atomic mass is 32.5. The molecule has 1 aromatic heterocycles. The van der Waals surface area contributed by atoms with Crippen LogP contribution in [0, 0.1) is 0 Å². The Hall–Kier alpha value is -0.570. The van der Waals surface area contributed by atoms with Crippen LogP contribution in [0.4, 0.5) is 0 Å². The van der Waals surface area contributed by atoms with Crippen LogP contribution in [0.5, 0.6) is 0 Å². The van der Waals surface area contributed by atoms with E-state index in [1.54, 1.807) is 0 Å². The fraction of sp³-hybridized carbons (Fsp3) is 0.636. The zero-order chi connectivity index (χ0) is 22.5. The van der Waals surface area contributed by atoms with Crippen molar-refractivity contribution < 1.29 is 51.3 Å². The van der Waals surface area contributed by atoms with Gasteiger partial charge in [0.2, 0.25) is 0 Å². The van der Waals surface area contributed by atoms with Gasteiger partial charge >= 0.3 is 28.1 Å². The second-order valence-electron chi connectivity index (χ2n) is 6.52. The largest absolute Gasteiger partial charge is 0.488 e. The van der Waals surface area contributed by atoms with Crippen molar-refractivity contribution >= 4 is 34.2 Å². The van der Waals surface area contributed by atoms with Gasteiger partial charge in [-0.3, -0.25) is 9.78 Å². The molecule has 0 saturated carbocycles. The van der Waals surface area contributed by atoms with E-state index >= 15 is 0 Å². The van der Waals surface area contributed by atoms with Crippen LogP contribution in [0.25, 0.3) is 0 Å². The summed E-state index contributed by atoms with van der Waals surface area (Å²) in [4.78, 5) is 44.0. The normalized spacial score (nSPS) is 41.8. The monoisotopic (exact) mass is 510 g/mol. The van der Waals surface area contributed by atoms with Gasteiger partial charge < -0.3 is 33.8 Å². The molecule has 170 valence electrons. The summed E-state index contributed by atoms with van der Waals surface area (Å²) in [5, 5.41) is 21.1. The summed E-state index contributed by atoms with van der Waals surface area (Å²) in [7, 11) is -8.68. The quantitative estimate of drug-likeness (QED) is 0.289. The van der Waals surface area contributed by atoms with E-state index < -0.39 is 64.6 Å². The van der Waals surface area contributed by atoms with Crippen molar-refractivity contribution in [3.63, 3.8) is 0 Å². The smallest absolute Gasteiger partial charge is 0.387 e. The van der Waals surface area contributed by atoms with Gasteiger partial charge in [0, 0.05) is 25.2 Å². The molecule has 3 rings (SSSR count). The van der Waals surface area contributed by atoms with E-state index in [9.17, 15) is 38.7 Å². The summed E-state index contributed by atoms with van der Waals surface area (Å²) in [6, 6.07) is 0. The number of aromatic amines is 1. The topological polar surface area (TPSA) is 216 Å². The molecule has 2 saturated heterocycles. The molecular formula is C11H17N2O13P3S. The number of nitrogens with zero attached hydrogens (tertiary/aromatic N) is 1. The van der Waals surface area contributed by atoms with Crippen LogP contribution in [0.2, 0.25) is 0 Å². The number of nitrogens with one attached hydrogen (secondary N) is 1. The Labute approximate surface area is 172 Å². The van der Waals surface area contributed by atoms with Crippen molar-refractivity contribution in [2.75, 3.05) is 13.2 Å². The number of ether oxygens (including phenoxy) is 1. The number of phosphoric acid groups is 2. The minimum atomic E-state index is -5.03. The van der Waals surface area contributed by atoms with Crippen LogP contribution in [-0.4, -0.2) is 60.6 Å². The molecule has 0 aliphatic carbocycles. The molecule has 15 nitrogen and oxygen atoms in total. The van der Waals surface area contributed by atoms with Crippen molar-refractivity contribution in [1.82, 2.24) is 9.55 Å². The molecular weight excluding hydrogens is 493 g/mol.